The van der Waals surface area contributed by atoms with Gasteiger partial charge in [-0.25, -0.2) is 0 Å². The van der Waals surface area contributed by atoms with Crippen molar-refractivity contribution < 1.29 is 4.74 Å². The Kier molecular flexibility index (Phi) is 3.43. The smallest absolute Gasteiger partial charge is 0.221 e. The molecule has 0 fully saturated rings. The van der Waals surface area contributed by atoms with Crippen LogP contribution in [-0.4, -0.2) is 4.98 Å². The molecule has 2 rings (SSSR count). The minimum absolute atomic E-state index is 0.276. The third kappa shape index (κ3) is 2.56. The van der Waals surface area contributed by atoms with Gasteiger partial charge in [0, 0.05) is 10.5 Å². The van der Waals surface area contributed by atoms with E-state index in [1.807, 2.05) is 26.0 Å². The van der Waals surface area contributed by atoms with Crippen molar-refractivity contribution in [1.29, 1.82) is 0 Å². The molecule has 1 aromatic heterocycles. The normalized spacial score (nSPS) is 10.4. The van der Waals surface area contributed by atoms with Crippen molar-refractivity contribution in [2.45, 2.75) is 13.8 Å². The zero-order valence-corrected chi connectivity index (χ0v) is 11.8. The van der Waals surface area contributed by atoms with Crippen LogP contribution in [0.5, 0.6) is 11.6 Å². The summed E-state index contributed by atoms with van der Waals surface area (Å²) < 4.78 is 6.75. The first-order valence-electron chi connectivity index (χ1n) is 5.44. The summed E-state index contributed by atoms with van der Waals surface area (Å²) in [6.07, 6.45) is 0. The molecular weight excluding hydrogens is 294 g/mol. The number of rotatable bonds is 2. The van der Waals surface area contributed by atoms with Crippen LogP contribution in [0.3, 0.4) is 0 Å². The zero-order valence-electron chi connectivity index (χ0n) is 10.2. The van der Waals surface area contributed by atoms with Crippen molar-refractivity contribution in [1.82, 2.24) is 4.98 Å². The number of nitrogens with zero attached hydrogens (tertiary/aromatic N) is 1. The van der Waals surface area contributed by atoms with E-state index in [1.165, 1.54) is 0 Å². The number of nitrogen functional groups attached to an aromatic ring is 2. The van der Waals surface area contributed by atoms with Crippen LogP contribution in [0.4, 0.5) is 11.5 Å². The minimum atomic E-state index is 0.276. The number of hydrogen-bond donors (Lipinski definition) is 2. The Bertz CT molecular complexity index is 576. The van der Waals surface area contributed by atoms with Gasteiger partial charge in [0.1, 0.15) is 5.75 Å². The molecule has 0 atom stereocenters. The topological polar surface area (TPSA) is 74.2 Å². The zero-order chi connectivity index (χ0) is 13.3. The van der Waals surface area contributed by atoms with Crippen molar-refractivity contribution in [3.05, 3.63) is 39.9 Å². The molecule has 0 aliphatic carbocycles. The molecule has 2 aromatic rings. The highest BCUT2D eigenvalue weighted by Crippen LogP contribution is 2.29. The molecule has 0 saturated heterocycles. The van der Waals surface area contributed by atoms with Gasteiger partial charge in [0.15, 0.2) is 5.82 Å². The second kappa shape index (κ2) is 4.86. The molecular formula is C13H14BrN3O. The Morgan fingerprint density at radius 1 is 1.11 bits per heavy atom. The molecule has 0 amide bonds. The van der Waals surface area contributed by atoms with Gasteiger partial charge in [-0.05, 0) is 43.2 Å². The Morgan fingerprint density at radius 3 is 2.28 bits per heavy atom. The Hall–Kier alpha value is -1.75. The maximum absolute atomic E-state index is 5.66. The van der Waals surface area contributed by atoms with Crippen LogP contribution in [-0.2, 0) is 0 Å². The van der Waals surface area contributed by atoms with Crippen LogP contribution < -0.4 is 16.2 Å². The molecule has 1 aromatic carbocycles. The summed E-state index contributed by atoms with van der Waals surface area (Å²) in [7, 11) is 0. The van der Waals surface area contributed by atoms with Gasteiger partial charge in [-0.1, -0.05) is 15.9 Å². The number of pyridine rings is 1. The van der Waals surface area contributed by atoms with Gasteiger partial charge in [-0.2, -0.15) is 4.98 Å². The van der Waals surface area contributed by atoms with Crippen LogP contribution in [0.15, 0.2) is 28.7 Å². The lowest BCUT2D eigenvalue weighted by atomic mass is 10.1. The summed E-state index contributed by atoms with van der Waals surface area (Å²) in [6.45, 7) is 4.02. The summed E-state index contributed by atoms with van der Waals surface area (Å²) in [5.41, 5.74) is 13.9. The van der Waals surface area contributed by atoms with E-state index in [0.29, 0.717) is 11.6 Å². The lowest BCUT2D eigenvalue weighted by Gasteiger charge is -2.10. The molecule has 5 heteroatoms. The number of ether oxygens (including phenoxy) is 1. The average Bonchev–Trinajstić information content (AvgIpc) is 2.31. The monoisotopic (exact) mass is 307 g/mol. The Balaban J connectivity index is 2.31. The number of aromatic nitrogens is 1. The lowest BCUT2D eigenvalue weighted by Crippen LogP contribution is -1.99. The fourth-order valence-electron chi connectivity index (χ4n) is 1.61. The number of aryl methyl sites for hydroxylation is 2. The quantitative estimate of drug-likeness (QED) is 0.891. The maximum Gasteiger partial charge on any atom is 0.221 e. The van der Waals surface area contributed by atoms with Gasteiger partial charge in [-0.3, -0.25) is 0 Å². The van der Waals surface area contributed by atoms with Crippen molar-refractivity contribution in [2.75, 3.05) is 11.5 Å². The van der Waals surface area contributed by atoms with Crippen LogP contribution in [0.2, 0.25) is 0 Å². The molecule has 18 heavy (non-hydrogen) atoms. The largest absolute Gasteiger partial charge is 0.439 e. The van der Waals surface area contributed by atoms with E-state index in [2.05, 4.69) is 20.9 Å². The van der Waals surface area contributed by atoms with Gasteiger partial charge >= 0.3 is 0 Å². The fraction of sp³-hybridized carbons (Fsp3) is 0.154. The first-order valence-corrected chi connectivity index (χ1v) is 6.23. The van der Waals surface area contributed by atoms with E-state index in [4.69, 9.17) is 16.2 Å². The highest BCUT2D eigenvalue weighted by atomic mass is 79.9. The van der Waals surface area contributed by atoms with Gasteiger partial charge in [0.05, 0.1) is 5.69 Å². The number of hydrogen-bond acceptors (Lipinski definition) is 4. The highest BCUT2D eigenvalue weighted by molar-refractivity contribution is 9.10. The standard InChI is InChI=1S/C13H14BrN3O/c1-7-5-9(6-8(2)12(7)14)18-11-4-3-10(15)13(16)17-11/h3-6H,15H2,1-2H3,(H2,16,17). The molecule has 1 heterocycles. The number of anilines is 2. The van der Waals surface area contributed by atoms with Crippen molar-refractivity contribution in [2.24, 2.45) is 0 Å². The van der Waals surface area contributed by atoms with Crippen LogP contribution in [0.25, 0.3) is 0 Å². The van der Waals surface area contributed by atoms with Crippen LogP contribution in [0.1, 0.15) is 11.1 Å². The third-order valence-electron chi connectivity index (χ3n) is 2.56. The fourth-order valence-corrected chi connectivity index (χ4v) is 1.84. The molecule has 4 N–H and O–H groups in total. The number of nitrogens with two attached hydrogens (primary N) is 2. The first kappa shape index (κ1) is 12.7. The predicted molar refractivity (Wildman–Crippen MR) is 76.8 cm³/mol. The molecule has 0 radical (unpaired) electrons. The van der Waals surface area contributed by atoms with E-state index in [0.717, 1.165) is 21.3 Å². The van der Waals surface area contributed by atoms with Gasteiger partial charge in [0.25, 0.3) is 0 Å². The van der Waals surface area contributed by atoms with Gasteiger partial charge < -0.3 is 16.2 Å². The number of halogens is 1. The Labute approximate surface area is 114 Å². The van der Waals surface area contributed by atoms with E-state index in [1.54, 1.807) is 12.1 Å². The first-order chi connectivity index (χ1) is 8.47. The predicted octanol–water partition coefficient (Wildman–Crippen LogP) is 3.42. The Morgan fingerprint density at radius 2 is 1.72 bits per heavy atom. The van der Waals surface area contributed by atoms with E-state index < -0.39 is 0 Å². The van der Waals surface area contributed by atoms with Crippen LogP contribution >= 0.6 is 15.9 Å². The third-order valence-corrected chi connectivity index (χ3v) is 3.82. The molecule has 4 nitrogen and oxygen atoms in total. The summed E-state index contributed by atoms with van der Waals surface area (Å²) in [4.78, 5) is 4.07. The van der Waals surface area contributed by atoms with Crippen molar-refractivity contribution in [3.8, 4) is 11.6 Å². The maximum atomic E-state index is 5.66. The van der Waals surface area contributed by atoms with Gasteiger partial charge in [0.2, 0.25) is 5.88 Å². The van der Waals surface area contributed by atoms with Crippen LogP contribution in [0, 0.1) is 13.8 Å². The second-order valence-corrected chi connectivity index (χ2v) is 4.89. The summed E-state index contributed by atoms with van der Waals surface area (Å²) in [5.74, 6) is 1.44. The molecule has 0 aliphatic rings. The number of benzene rings is 1. The van der Waals surface area contributed by atoms with E-state index in [-0.39, 0.29) is 5.82 Å². The lowest BCUT2D eigenvalue weighted by molar-refractivity contribution is 0.463. The van der Waals surface area contributed by atoms with Crippen molar-refractivity contribution in [3.63, 3.8) is 0 Å². The van der Waals surface area contributed by atoms with E-state index in [9.17, 15) is 0 Å². The molecule has 0 aliphatic heterocycles. The summed E-state index contributed by atoms with van der Waals surface area (Å²) in [5, 5.41) is 0. The molecule has 94 valence electrons. The molecule has 0 spiro atoms. The average molecular weight is 308 g/mol. The minimum Gasteiger partial charge on any atom is -0.439 e. The SMILES string of the molecule is Cc1cc(Oc2ccc(N)c(N)n2)cc(C)c1Br. The molecule has 0 bridgehead atoms. The van der Waals surface area contributed by atoms with E-state index >= 15 is 0 Å². The summed E-state index contributed by atoms with van der Waals surface area (Å²) in [6, 6.07) is 7.24. The summed E-state index contributed by atoms with van der Waals surface area (Å²) >= 11 is 3.51. The molecule has 0 unspecified atom stereocenters. The van der Waals surface area contributed by atoms with Crippen molar-refractivity contribution >= 4 is 27.4 Å². The van der Waals surface area contributed by atoms with Gasteiger partial charge in [-0.15, -0.1) is 0 Å². The molecule has 0 saturated carbocycles. The second-order valence-electron chi connectivity index (χ2n) is 4.10. The highest BCUT2D eigenvalue weighted by Gasteiger charge is 2.06.